The number of nitro benzene ring substituents is 1. The minimum atomic E-state index is -0.483. The monoisotopic (exact) mass is 341 g/mol. The van der Waals surface area contributed by atoms with Gasteiger partial charge in [0.15, 0.2) is 0 Å². The van der Waals surface area contributed by atoms with E-state index in [1.807, 2.05) is 12.1 Å². The molecule has 0 aliphatic heterocycles. The molecule has 98 valence electrons. The fraction of sp³-hybridized carbons (Fsp3) is 0.0769. The van der Waals surface area contributed by atoms with E-state index < -0.39 is 4.92 Å². The molecular formula is C13H9BrClNO3. The van der Waals surface area contributed by atoms with Crippen LogP contribution in [0.4, 0.5) is 5.69 Å². The molecule has 0 heterocycles. The Labute approximate surface area is 123 Å². The van der Waals surface area contributed by atoms with Crippen LogP contribution in [0.3, 0.4) is 0 Å². The lowest BCUT2D eigenvalue weighted by Gasteiger charge is -2.09. The molecule has 2 aromatic rings. The lowest BCUT2D eigenvalue weighted by atomic mass is 10.2. The maximum Gasteiger partial charge on any atom is 0.312 e. The number of hydrogen-bond acceptors (Lipinski definition) is 3. The lowest BCUT2D eigenvalue weighted by molar-refractivity contribution is -0.385. The highest BCUT2D eigenvalue weighted by Crippen LogP contribution is 2.35. The number of nitro groups is 1. The van der Waals surface area contributed by atoms with Crippen molar-refractivity contribution in [1.29, 1.82) is 0 Å². The maximum absolute atomic E-state index is 11.0. The van der Waals surface area contributed by atoms with Crippen molar-refractivity contribution in [2.45, 2.75) is 5.88 Å². The normalized spacial score (nSPS) is 10.2. The van der Waals surface area contributed by atoms with Crippen molar-refractivity contribution in [3.05, 3.63) is 62.6 Å². The van der Waals surface area contributed by atoms with Gasteiger partial charge in [-0.1, -0.05) is 34.1 Å². The zero-order valence-corrected chi connectivity index (χ0v) is 12.0. The lowest BCUT2D eigenvalue weighted by Crippen LogP contribution is -1.95. The molecule has 0 atom stereocenters. The van der Waals surface area contributed by atoms with Crippen LogP contribution < -0.4 is 4.74 Å². The molecule has 2 aromatic carbocycles. The van der Waals surface area contributed by atoms with Crippen LogP contribution in [0.2, 0.25) is 0 Å². The Bertz CT molecular complexity index is 619. The van der Waals surface area contributed by atoms with Crippen molar-refractivity contribution >= 4 is 33.2 Å². The fourth-order valence-electron chi connectivity index (χ4n) is 1.55. The van der Waals surface area contributed by atoms with E-state index in [0.29, 0.717) is 10.2 Å². The van der Waals surface area contributed by atoms with Gasteiger partial charge >= 0.3 is 5.69 Å². The summed E-state index contributed by atoms with van der Waals surface area (Å²) in [6, 6.07) is 11.8. The number of benzene rings is 2. The molecule has 0 bridgehead atoms. The predicted molar refractivity (Wildman–Crippen MR) is 76.9 cm³/mol. The molecule has 2 rings (SSSR count). The number of ether oxygens (including phenoxy) is 1. The molecule has 6 heteroatoms. The van der Waals surface area contributed by atoms with E-state index in [1.165, 1.54) is 6.07 Å². The van der Waals surface area contributed by atoms with Gasteiger partial charge in [-0.2, -0.15) is 0 Å². The quantitative estimate of drug-likeness (QED) is 0.451. The smallest absolute Gasteiger partial charge is 0.312 e. The van der Waals surface area contributed by atoms with Crippen LogP contribution in [0.25, 0.3) is 0 Å². The number of alkyl halides is 1. The topological polar surface area (TPSA) is 52.4 Å². The number of para-hydroxylation sites is 1. The molecule has 0 saturated heterocycles. The summed E-state index contributed by atoms with van der Waals surface area (Å²) in [4.78, 5) is 10.5. The molecule has 0 aliphatic carbocycles. The van der Waals surface area contributed by atoms with Crippen LogP contribution in [0.1, 0.15) is 5.56 Å². The minimum Gasteiger partial charge on any atom is -0.450 e. The Morgan fingerprint density at radius 1 is 1.21 bits per heavy atom. The summed E-state index contributed by atoms with van der Waals surface area (Å²) in [7, 11) is 0. The number of rotatable bonds is 4. The standard InChI is InChI=1S/C13H9BrClNO3/c14-10-5-6-13(11(7-10)16(17)18)19-12-4-2-1-3-9(12)8-15/h1-7H,8H2. The van der Waals surface area contributed by atoms with Crippen molar-refractivity contribution in [3.8, 4) is 11.5 Å². The highest BCUT2D eigenvalue weighted by atomic mass is 79.9. The molecule has 19 heavy (non-hydrogen) atoms. The number of hydrogen-bond donors (Lipinski definition) is 0. The summed E-state index contributed by atoms with van der Waals surface area (Å²) in [5.41, 5.74) is 0.681. The summed E-state index contributed by atoms with van der Waals surface area (Å²) in [5.74, 6) is 0.981. The third-order valence-corrected chi connectivity index (χ3v) is 3.24. The zero-order chi connectivity index (χ0) is 13.8. The van der Waals surface area contributed by atoms with Gasteiger partial charge in [-0.05, 0) is 18.2 Å². The van der Waals surface area contributed by atoms with Gasteiger partial charge in [0.25, 0.3) is 0 Å². The zero-order valence-electron chi connectivity index (χ0n) is 9.68. The van der Waals surface area contributed by atoms with Gasteiger partial charge in [0.05, 0.1) is 10.8 Å². The molecule has 0 unspecified atom stereocenters. The van der Waals surface area contributed by atoms with Gasteiger partial charge in [0, 0.05) is 16.1 Å². The summed E-state index contributed by atoms with van der Waals surface area (Å²) in [6.07, 6.45) is 0. The average molecular weight is 343 g/mol. The number of nitrogens with zero attached hydrogens (tertiary/aromatic N) is 1. The van der Waals surface area contributed by atoms with E-state index in [9.17, 15) is 10.1 Å². The van der Waals surface area contributed by atoms with E-state index in [1.54, 1.807) is 24.3 Å². The van der Waals surface area contributed by atoms with Gasteiger partial charge in [-0.3, -0.25) is 10.1 Å². The molecule has 4 nitrogen and oxygen atoms in total. The molecule has 0 aromatic heterocycles. The largest absolute Gasteiger partial charge is 0.450 e. The first kappa shape index (κ1) is 13.8. The van der Waals surface area contributed by atoms with Crippen LogP contribution in [0, 0.1) is 10.1 Å². The Morgan fingerprint density at radius 3 is 2.63 bits per heavy atom. The van der Waals surface area contributed by atoms with Gasteiger partial charge < -0.3 is 4.74 Å². The van der Waals surface area contributed by atoms with Crippen LogP contribution in [0.15, 0.2) is 46.9 Å². The molecule has 0 aliphatic rings. The van der Waals surface area contributed by atoms with Crippen molar-refractivity contribution in [2.24, 2.45) is 0 Å². The van der Waals surface area contributed by atoms with Crippen molar-refractivity contribution in [1.82, 2.24) is 0 Å². The first-order valence-corrected chi connectivity index (χ1v) is 6.70. The maximum atomic E-state index is 11.0. The van der Waals surface area contributed by atoms with E-state index in [-0.39, 0.29) is 17.3 Å². The fourth-order valence-corrected chi connectivity index (χ4v) is 2.12. The van der Waals surface area contributed by atoms with E-state index in [2.05, 4.69) is 15.9 Å². The Balaban J connectivity index is 2.41. The third-order valence-electron chi connectivity index (χ3n) is 2.45. The van der Waals surface area contributed by atoms with Crippen molar-refractivity contribution < 1.29 is 9.66 Å². The molecule has 0 spiro atoms. The minimum absolute atomic E-state index is 0.0984. The van der Waals surface area contributed by atoms with Crippen LogP contribution in [-0.2, 0) is 5.88 Å². The summed E-state index contributed by atoms with van der Waals surface area (Å²) in [6.45, 7) is 0. The second-order valence-corrected chi connectivity index (χ2v) is 4.90. The van der Waals surface area contributed by atoms with Gasteiger partial charge in [-0.25, -0.2) is 0 Å². The average Bonchev–Trinajstić information content (AvgIpc) is 2.41. The summed E-state index contributed by atoms with van der Waals surface area (Å²) in [5, 5.41) is 11.0. The first-order chi connectivity index (χ1) is 9.11. The SMILES string of the molecule is O=[N+]([O-])c1cc(Br)ccc1Oc1ccccc1CCl. The first-order valence-electron chi connectivity index (χ1n) is 5.37. The molecule has 0 amide bonds. The molecule has 0 radical (unpaired) electrons. The Hall–Kier alpha value is -1.59. The number of halogens is 2. The van der Waals surface area contributed by atoms with Gasteiger partial charge in [0.1, 0.15) is 5.75 Å². The van der Waals surface area contributed by atoms with Crippen molar-refractivity contribution in [3.63, 3.8) is 0 Å². The van der Waals surface area contributed by atoms with Gasteiger partial charge in [-0.15, -0.1) is 11.6 Å². The molecule has 0 fully saturated rings. The third kappa shape index (κ3) is 3.24. The highest BCUT2D eigenvalue weighted by Gasteiger charge is 2.17. The van der Waals surface area contributed by atoms with Crippen molar-refractivity contribution in [2.75, 3.05) is 0 Å². The molecule has 0 N–H and O–H groups in total. The second kappa shape index (κ2) is 6.04. The Kier molecular flexibility index (Phi) is 4.39. The van der Waals surface area contributed by atoms with Gasteiger partial charge in [0.2, 0.25) is 5.75 Å². The summed E-state index contributed by atoms with van der Waals surface area (Å²) >= 11 is 9.00. The predicted octanol–water partition coefficient (Wildman–Crippen LogP) is 4.89. The second-order valence-electron chi connectivity index (χ2n) is 3.71. The van der Waals surface area contributed by atoms with Crippen LogP contribution >= 0.6 is 27.5 Å². The summed E-state index contributed by atoms with van der Waals surface area (Å²) < 4.78 is 6.22. The van der Waals surface area contributed by atoms with Crippen LogP contribution in [0.5, 0.6) is 11.5 Å². The van der Waals surface area contributed by atoms with Crippen LogP contribution in [-0.4, -0.2) is 4.92 Å². The van der Waals surface area contributed by atoms with E-state index in [4.69, 9.17) is 16.3 Å². The molecule has 0 saturated carbocycles. The highest BCUT2D eigenvalue weighted by molar-refractivity contribution is 9.10. The van der Waals surface area contributed by atoms with E-state index >= 15 is 0 Å². The van der Waals surface area contributed by atoms with E-state index in [0.717, 1.165) is 5.56 Å². The molecular weight excluding hydrogens is 334 g/mol. The Morgan fingerprint density at radius 2 is 1.95 bits per heavy atom.